The van der Waals surface area contributed by atoms with E-state index in [1.807, 2.05) is 30.5 Å². The number of H-pyrrole nitrogens is 1. The van der Waals surface area contributed by atoms with Crippen molar-refractivity contribution in [1.82, 2.24) is 9.88 Å². The van der Waals surface area contributed by atoms with Crippen LogP contribution in [-0.2, 0) is 0 Å². The van der Waals surface area contributed by atoms with Crippen LogP contribution in [-0.4, -0.2) is 37.0 Å². The van der Waals surface area contributed by atoms with E-state index in [0.29, 0.717) is 5.56 Å². The Morgan fingerprint density at radius 2 is 2.06 bits per heavy atom. The molecular formula is C14H16N2O2. The molecule has 1 amide bonds. The van der Waals surface area contributed by atoms with Gasteiger partial charge in [-0.3, -0.25) is 4.79 Å². The molecule has 0 aliphatic rings. The topological polar surface area (TPSA) is 45.3 Å². The molecule has 1 aromatic heterocycles. The van der Waals surface area contributed by atoms with Crippen molar-refractivity contribution in [1.29, 1.82) is 0 Å². The Morgan fingerprint density at radius 1 is 1.28 bits per heavy atom. The number of methoxy groups -OCH3 is 1. The molecule has 2 aromatic rings. The number of rotatable bonds is 3. The lowest BCUT2D eigenvalue weighted by Gasteiger charge is -2.11. The Kier molecular flexibility index (Phi) is 3.37. The Hall–Kier alpha value is -2.23. The van der Waals surface area contributed by atoms with E-state index in [1.165, 1.54) is 0 Å². The van der Waals surface area contributed by atoms with Gasteiger partial charge >= 0.3 is 0 Å². The van der Waals surface area contributed by atoms with Gasteiger partial charge in [-0.15, -0.1) is 0 Å². The standard InChI is InChI=1S/C14H16N2O2/c1-16(2)14(17)13-9-15-8-12(13)10-5-4-6-11(7-10)18-3/h4-9,15H,1-3H3. The van der Waals surface area contributed by atoms with Crippen LogP contribution in [0, 0.1) is 0 Å². The fraction of sp³-hybridized carbons (Fsp3) is 0.214. The van der Waals surface area contributed by atoms with Crippen LogP contribution in [0.25, 0.3) is 11.1 Å². The first-order valence-corrected chi connectivity index (χ1v) is 5.66. The van der Waals surface area contributed by atoms with Gasteiger partial charge in [0.2, 0.25) is 0 Å². The Bertz CT molecular complexity index is 558. The molecule has 1 heterocycles. The average molecular weight is 244 g/mol. The molecule has 0 radical (unpaired) electrons. The zero-order valence-corrected chi connectivity index (χ0v) is 10.7. The number of amides is 1. The maximum absolute atomic E-state index is 12.0. The van der Waals surface area contributed by atoms with E-state index in [0.717, 1.165) is 16.9 Å². The lowest BCUT2D eigenvalue weighted by molar-refractivity contribution is 0.0828. The van der Waals surface area contributed by atoms with Crippen molar-refractivity contribution in [2.45, 2.75) is 0 Å². The summed E-state index contributed by atoms with van der Waals surface area (Å²) in [6.45, 7) is 0. The molecule has 4 nitrogen and oxygen atoms in total. The third-order valence-electron chi connectivity index (χ3n) is 2.76. The molecule has 0 unspecified atom stereocenters. The largest absolute Gasteiger partial charge is 0.497 e. The highest BCUT2D eigenvalue weighted by molar-refractivity contribution is 6.00. The molecule has 1 aromatic carbocycles. The van der Waals surface area contributed by atoms with E-state index < -0.39 is 0 Å². The van der Waals surface area contributed by atoms with Crippen LogP contribution in [0.4, 0.5) is 0 Å². The number of carbonyl (C=O) groups is 1. The van der Waals surface area contributed by atoms with Crippen molar-refractivity contribution in [3.8, 4) is 16.9 Å². The first-order chi connectivity index (χ1) is 8.63. The normalized spacial score (nSPS) is 10.2. The van der Waals surface area contributed by atoms with Crippen LogP contribution < -0.4 is 4.74 Å². The van der Waals surface area contributed by atoms with Crippen LogP contribution >= 0.6 is 0 Å². The number of aromatic nitrogens is 1. The molecule has 0 saturated carbocycles. The van der Waals surface area contributed by atoms with Gasteiger partial charge in [0.05, 0.1) is 12.7 Å². The van der Waals surface area contributed by atoms with E-state index in [1.54, 1.807) is 32.3 Å². The minimum atomic E-state index is -0.0194. The van der Waals surface area contributed by atoms with Crippen molar-refractivity contribution in [2.24, 2.45) is 0 Å². The van der Waals surface area contributed by atoms with Gasteiger partial charge in [0.15, 0.2) is 0 Å². The second-order valence-electron chi connectivity index (χ2n) is 4.21. The number of ether oxygens (including phenoxy) is 1. The number of nitrogens with one attached hydrogen (secondary N) is 1. The summed E-state index contributed by atoms with van der Waals surface area (Å²) in [5.74, 6) is 0.756. The smallest absolute Gasteiger partial charge is 0.255 e. The third kappa shape index (κ3) is 2.22. The molecule has 0 bridgehead atoms. The molecule has 0 saturated heterocycles. The van der Waals surface area contributed by atoms with E-state index >= 15 is 0 Å². The molecule has 0 fully saturated rings. The highest BCUT2D eigenvalue weighted by atomic mass is 16.5. The second-order valence-corrected chi connectivity index (χ2v) is 4.21. The molecule has 94 valence electrons. The quantitative estimate of drug-likeness (QED) is 0.901. The second kappa shape index (κ2) is 4.96. The predicted molar refractivity (Wildman–Crippen MR) is 70.8 cm³/mol. The SMILES string of the molecule is COc1cccc(-c2c[nH]cc2C(=O)N(C)C)c1. The third-order valence-corrected chi connectivity index (χ3v) is 2.76. The molecule has 2 rings (SSSR count). The minimum absolute atomic E-state index is 0.0194. The van der Waals surface area contributed by atoms with Gasteiger partial charge in [0.25, 0.3) is 5.91 Å². The monoisotopic (exact) mass is 244 g/mol. The zero-order valence-electron chi connectivity index (χ0n) is 10.7. The lowest BCUT2D eigenvalue weighted by Crippen LogP contribution is -2.21. The van der Waals surface area contributed by atoms with Gasteiger partial charge < -0.3 is 14.6 Å². The summed E-state index contributed by atoms with van der Waals surface area (Å²) >= 11 is 0. The highest BCUT2D eigenvalue weighted by Gasteiger charge is 2.15. The van der Waals surface area contributed by atoms with Crippen LogP contribution in [0.5, 0.6) is 5.75 Å². The minimum Gasteiger partial charge on any atom is -0.497 e. The molecule has 1 N–H and O–H groups in total. The van der Waals surface area contributed by atoms with Crippen LogP contribution in [0.15, 0.2) is 36.7 Å². The van der Waals surface area contributed by atoms with Crippen molar-refractivity contribution >= 4 is 5.91 Å². The summed E-state index contributed by atoms with van der Waals surface area (Å²) in [7, 11) is 5.11. The number of nitrogens with zero attached hydrogens (tertiary/aromatic N) is 1. The molecule has 0 atom stereocenters. The Balaban J connectivity index is 2.45. The van der Waals surface area contributed by atoms with Gasteiger partial charge in [-0.05, 0) is 17.7 Å². The molecular weight excluding hydrogens is 228 g/mol. The van der Waals surface area contributed by atoms with Crippen LogP contribution in [0.2, 0.25) is 0 Å². The fourth-order valence-electron chi connectivity index (χ4n) is 1.81. The van der Waals surface area contributed by atoms with E-state index in [4.69, 9.17) is 4.74 Å². The first-order valence-electron chi connectivity index (χ1n) is 5.66. The fourth-order valence-corrected chi connectivity index (χ4v) is 1.81. The van der Waals surface area contributed by atoms with Gasteiger partial charge in [-0.25, -0.2) is 0 Å². The predicted octanol–water partition coefficient (Wildman–Crippen LogP) is 2.39. The average Bonchev–Trinajstić information content (AvgIpc) is 2.86. The summed E-state index contributed by atoms with van der Waals surface area (Å²) < 4.78 is 5.20. The van der Waals surface area contributed by atoms with E-state index in [2.05, 4.69) is 4.98 Å². The van der Waals surface area contributed by atoms with Crippen molar-refractivity contribution in [3.63, 3.8) is 0 Å². The van der Waals surface area contributed by atoms with Gasteiger partial charge in [-0.1, -0.05) is 12.1 Å². The molecule has 4 heteroatoms. The summed E-state index contributed by atoms with van der Waals surface area (Å²) in [5.41, 5.74) is 2.50. The van der Waals surface area contributed by atoms with Crippen molar-refractivity contribution in [2.75, 3.05) is 21.2 Å². The van der Waals surface area contributed by atoms with Gasteiger partial charge in [0.1, 0.15) is 5.75 Å². The van der Waals surface area contributed by atoms with Gasteiger partial charge in [-0.2, -0.15) is 0 Å². The molecule has 0 aliphatic heterocycles. The number of aromatic amines is 1. The first kappa shape index (κ1) is 12.2. The lowest BCUT2D eigenvalue weighted by atomic mass is 10.0. The summed E-state index contributed by atoms with van der Waals surface area (Å²) in [6, 6.07) is 7.66. The summed E-state index contributed by atoms with van der Waals surface area (Å²) in [4.78, 5) is 16.6. The maximum atomic E-state index is 12.0. The summed E-state index contributed by atoms with van der Waals surface area (Å²) in [5, 5.41) is 0. The van der Waals surface area contributed by atoms with Gasteiger partial charge in [0, 0.05) is 32.1 Å². The summed E-state index contributed by atoms with van der Waals surface area (Å²) in [6.07, 6.45) is 3.54. The Morgan fingerprint density at radius 3 is 2.72 bits per heavy atom. The number of hydrogen-bond donors (Lipinski definition) is 1. The molecule has 18 heavy (non-hydrogen) atoms. The van der Waals surface area contributed by atoms with Crippen LogP contribution in [0.1, 0.15) is 10.4 Å². The molecule has 0 spiro atoms. The number of hydrogen-bond acceptors (Lipinski definition) is 2. The number of carbonyl (C=O) groups excluding carboxylic acids is 1. The Labute approximate surface area is 106 Å². The maximum Gasteiger partial charge on any atom is 0.255 e. The van der Waals surface area contributed by atoms with E-state index in [9.17, 15) is 4.79 Å². The van der Waals surface area contributed by atoms with Crippen LogP contribution in [0.3, 0.4) is 0 Å². The highest BCUT2D eigenvalue weighted by Crippen LogP contribution is 2.27. The van der Waals surface area contributed by atoms with Crippen molar-refractivity contribution < 1.29 is 9.53 Å². The molecule has 0 aliphatic carbocycles. The zero-order chi connectivity index (χ0) is 13.1. The van der Waals surface area contributed by atoms with Crippen molar-refractivity contribution in [3.05, 3.63) is 42.2 Å². The number of benzene rings is 1. The van der Waals surface area contributed by atoms with E-state index in [-0.39, 0.29) is 5.91 Å².